The SMILES string of the molecule is CCC(C)c1cncc(Cl)c1. The van der Waals surface area contributed by atoms with Crippen LogP contribution in [0.25, 0.3) is 0 Å². The maximum absolute atomic E-state index is 5.78. The van der Waals surface area contributed by atoms with E-state index in [0.717, 1.165) is 11.4 Å². The largest absolute Gasteiger partial charge is 0.263 e. The van der Waals surface area contributed by atoms with E-state index in [1.165, 1.54) is 5.56 Å². The normalized spacial score (nSPS) is 13.0. The first-order valence-corrected chi connectivity index (χ1v) is 4.22. The van der Waals surface area contributed by atoms with Crippen LogP contribution in [0.4, 0.5) is 0 Å². The van der Waals surface area contributed by atoms with Crippen LogP contribution in [0.5, 0.6) is 0 Å². The topological polar surface area (TPSA) is 12.9 Å². The van der Waals surface area contributed by atoms with E-state index in [0.29, 0.717) is 5.92 Å². The first-order chi connectivity index (χ1) is 5.24. The van der Waals surface area contributed by atoms with Gasteiger partial charge in [0, 0.05) is 12.4 Å². The van der Waals surface area contributed by atoms with Crippen LogP contribution in [0.15, 0.2) is 18.5 Å². The van der Waals surface area contributed by atoms with Crippen molar-refractivity contribution in [1.82, 2.24) is 4.98 Å². The average Bonchev–Trinajstić information content (AvgIpc) is 2.03. The van der Waals surface area contributed by atoms with Gasteiger partial charge in [-0.25, -0.2) is 0 Å². The fourth-order valence-electron chi connectivity index (χ4n) is 0.933. The van der Waals surface area contributed by atoms with Crippen molar-refractivity contribution in [1.29, 1.82) is 0 Å². The highest BCUT2D eigenvalue weighted by atomic mass is 35.5. The molecule has 60 valence electrons. The molecule has 1 heterocycles. The van der Waals surface area contributed by atoms with Gasteiger partial charge in [-0.05, 0) is 24.0 Å². The van der Waals surface area contributed by atoms with Crippen molar-refractivity contribution < 1.29 is 0 Å². The molecule has 0 aromatic carbocycles. The monoisotopic (exact) mass is 169 g/mol. The van der Waals surface area contributed by atoms with Crippen molar-refractivity contribution in [2.45, 2.75) is 26.2 Å². The minimum atomic E-state index is 0.557. The van der Waals surface area contributed by atoms with Crippen LogP contribution in [0.3, 0.4) is 0 Å². The Morgan fingerprint density at radius 1 is 1.55 bits per heavy atom. The summed E-state index contributed by atoms with van der Waals surface area (Å²) in [6.45, 7) is 4.33. The number of rotatable bonds is 2. The zero-order valence-corrected chi connectivity index (χ0v) is 7.60. The Kier molecular flexibility index (Phi) is 2.89. The number of pyridine rings is 1. The van der Waals surface area contributed by atoms with Crippen molar-refractivity contribution in [2.24, 2.45) is 0 Å². The number of aromatic nitrogens is 1. The molecule has 0 saturated carbocycles. The van der Waals surface area contributed by atoms with E-state index in [-0.39, 0.29) is 0 Å². The molecule has 0 aliphatic heterocycles. The molecule has 0 aliphatic carbocycles. The molecular formula is C9H12ClN. The maximum Gasteiger partial charge on any atom is 0.0592 e. The van der Waals surface area contributed by atoms with Gasteiger partial charge in [-0.1, -0.05) is 25.4 Å². The highest BCUT2D eigenvalue weighted by molar-refractivity contribution is 6.30. The van der Waals surface area contributed by atoms with Crippen LogP contribution in [0, 0.1) is 0 Å². The predicted octanol–water partition coefficient (Wildman–Crippen LogP) is 3.25. The van der Waals surface area contributed by atoms with E-state index in [1.54, 1.807) is 6.20 Å². The molecule has 0 aliphatic rings. The fourth-order valence-corrected chi connectivity index (χ4v) is 1.12. The maximum atomic E-state index is 5.78. The molecule has 1 atom stereocenters. The van der Waals surface area contributed by atoms with E-state index >= 15 is 0 Å². The van der Waals surface area contributed by atoms with Crippen molar-refractivity contribution in [3.63, 3.8) is 0 Å². The Hall–Kier alpha value is -0.560. The Balaban J connectivity index is 2.86. The molecule has 0 radical (unpaired) electrons. The van der Waals surface area contributed by atoms with E-state index in [2.05, 4.69) is 18.8 Å². The van der Waals surface area contributed by atoms with E-state index in [1.807, 2.05) is 12.3 Å². The molecule has 1 aromatic heterocycles. The third-order valence-electron chi connectivity index (χ3n) is 1.91. The zero-order chi connectivity index (χ0) is 8.27. The predicted molar refractivity (Wildman–Crippen MR) is 48.0 cm³/mol. The van der Waals surface area contributed by atoms with Gasteiger partial charge in [0.05, 0.1) is 5.02 Å². The highest BCUT2D eigenvalue weighted by Gasteiger charge is 2.02. The van der Waals surface area contributed by atoms with Crippen LogP contribution in [-0.4, -0.2) is 4.98 Å². The van der Waals surface area contributed by atoms with Crippen LogP contribution < -0.4 is 0 Å². The standard InChI is InChI=1S/C9H12ClN/c1-3-7(2)8-4-9(10)6-11-5-8/h4-7H,3H2,1-2H3. The lowest BCUT2D eigenvalue weighted by molar-refractivity contribution is 0.729. The summed E-state index contributed by atoms with van der Waals surface area (Å²) in [7, 11) is 0. The zero-order valence-electron chi connectivity index (χ0n) is 6.84. The molecule has 1 unspecified atom stereocenters. The summed E-state index contributed by atoms with van der Waals surface area (Å²) in [5.41, 5.74) is 1.22. The fraction of sp³-hybridized carbons (Fsp3) is 0.444. The summed E-state index contributed by atoms with van der Waals surface area (Å²) in [5, 5.41) is 0.725. The van der Waals surface area contributed by atoms with E-state index in [9.17, 15) is 0 Å². The molecule has 0 saturated heterocycles. The lowest BCUT2D eigenvalue weighted by Gasteiger charge is -2.07. The number of halogens is 1. The molecule has 0 N–H and O–H groups in total. The van der Waals surface area contributed by atoms with Gasteiger partial charge in [-0.15, -0.1) is 0 Å². The van der Waals surface area contributed by atoms with Gasteiger partial charge in [-0.2, -0.15) is 0 Å². The molecule has 1 nitrogen and oxygen atoms in total. The first kappa shape index (κ1) is 8.54. The first-order valence-electron chi connectivity index (χ1n) is 3.84. The summed E-state index contributed by atoms with van der Waals surface area (Å²) in [6.07, 6.45) is 4.66. The van der Waals surface area contributed by atoms with Crippen LogP contribution in [0.2, 0.25) is 5.02 Å². The minimum Gasteiger partial charge on any atom is -0.263 e. The van der Waals surface area contributed by atoms with Crippen LogP contribution in [0.1, 0.15) is 31.7 Å². The Morgan fingerprint density at radius 3 is 2.82 bits per heavy atom. The number of nitrogens with zero attached hydrogens (tertiary/aromatic N) is 1. The molecule has 0 spiro atoms. The summed E-state index contributed by atoms with van der Waals surface area (Å²) >= 11 is 5.78. The lowest BCUT2D eigenvalue weighted by atomic mass is 10.0. The second kappa shape index (κ2) is 3.72. The van der Waals surface area contributed by atoms with Crippen LogP contribution >= 0.6 is 11.6 Å². The molecule has 0 fully saturated rings. The second-order valence-electron chi connectivity index (χ2n) is 2.75. The van der Waals surface area contributed by atoms with Crippen molar-refractivity contribution in [3.05, 3.63) is 29.0 Å². The molecule has 1 aromatic rings. The van der Waals surface area contributed by atoms with Crippen LogP contribution in [-0.2, 0) is 0 Å². The van der Waals surface area contributed by atoms with Gasteiger partial charge >= 0.3 is 0 Å². The van der Waals surface area contributed by atoms with Crippen molar-refractivity contribution in [2.75, 3.05) is 0 Å². The van der Waals surface area contributed by atoms with E-state index in [4.69, 9.17) is 11.6 Å². The summed E-state index contributed by atoms with van der Waals surface area (Å²) < 4.78 is 0. The lowest BCUT2D eigenvalue weighted by Crippen LogP contribution is -1.91. The highest BCUT2D eigenvalue weighted by Crippen LogP contribution is 2.19. The molecule has 0 bridgehead atoms. The van der Waals surface area contributed by atoms with Gasteiger partial charge in [0.25, 0.3) is 0 Å². The average molecular weight is 170 g/mol. The third kappa shape index (κ3) is 2.19. The smallest absolute Gasteiger partial charge is 0.0592 e. The second-order valence-corrected chi connectivity index (χ2v) is 3.18. The van der Waals surface area contributed by atoms with Gasteiger partial charge < -0.3 is 0 Å². The van der Waals surface area contributed by atoms with Gasteiger partial charge in [0.2, 0.25) is 0 Å². The van der Waals surface area contributed by atoms with E-state index < -0.39 is 0 Å². The molecular weight excluding hydrogens is 158 g/mol. The summed E-state index contributed by atoms with van der Waals surface area (Å²) in [4.78, 5) is 4.02. The Bertz CT molecular complexity index is 235. The Morgan fingerprint density at radius 2 is 2.27 bits per heavy atom. The van der Waals surface area contributed by atoms with Crippen molar-refractivity contribution >= 4 is 11.6 Å². The number of hydrogen-bond donors (Lipinski definition) is 0. The third-order valence-corrected chi connectivity index (χ3v) is 2.11. The summed E-state index contributed by atoms with van der Waals surface area (Å²) in [6, 6.07) is 1.97. The molecule has 0 amide bonds. The molecule has 1 rings (SSSR count). The molecule has 11 heavy (non-hydrogen) atoms. The van der Waals surface area contributed by atoms with Crippen molar-refractivity contribution in [3.8, 4) is 0 Å². The van der Waals surface area contributed by atoms with Gasteiger partial charge in [-0.3, -0.25) is 4.98 Å². The summed E-state index contributed by atoms with van der Waals surface area (Å²) in [5.74, 6) is 0.557. The molecule has 2 heteroatoms. The van der Waals surface area contributed by atoms with Gasteiger partial charge in [0.15, 0.2) is 0 Å². The Labute approximate surface area is 72.4 Å². The quantitative estimate of drug-likeness (QED) is 0.663. The van der Waals surface area contributed by atoms with Gasteiger partial charge in [0.1, 0.15) is 0 Å². The minimum absolute atomic E-state index is 0.557. The number of hydrogen-bond acceptors (Lipinski definition) is 1.